The highest BCUT2D eigenvalue weighted by atomic mass is 35.5. The van der Waals surface area contributed by atoms with Crippen LogP contribution >= 0.6 is 11.6 Å². The number of anilines is 1. The van der Waals surface area contributed by atoms with Gasteiger partial charge in [0, 0.05) is 17.2 Å². The number of nitrogens with one attached hydrogen (secondary N) is 1. The molecule has 0 aromatic heterocycles. The number of imide groups is 1. The van der Waals surface area contributed by atoms with Crippen molar-refractivity contribution in [1.29, 1.82) is 0 Å². The van der Waals surface area contributed by atoms with Crippen molar-refractivity contribution in [3.8, 4) is 0 Å². The Balaban J connectivity index is 1.89. The lowest BCUT2D eigenvalue weighted by molar-refractivity contribution is -0.384. The number of carbonyl (C=O) groups excluding carboxylic acids is 2. The maximum Gasteiger partial charge on any atom is 0.333 e. The number of non-ortho nitro benzene ring substituents is 1. The first-order valence-corrected chi connectivity index (χ1v) is 7.20. The molecule has 8 heteroatoms. The van der Waals surface area contributed by atoms with E-state index in [1.165, 1.54) is 36.4 Å². The van der Waals surface area contributed by atoms with Crippen molar-refractivity contribution in [2.75, 3.05) is 4.90 Å². The summed E-state index contributed by atoms with van der Waals surface area (Å²) in [6.07, 6.45) is 1.45. The standard InChI is InChI=1S/C16H10ClN3O4/c17-11-2-1-3-13(9-11)19-15(21)14(18-16(19)22)8-10-4-6-12(7-5-10)20(23)24/h1-9H,(H,18,22). The van der Waals surface area contributed by atoms with Crippen LogP contribution in [0.3, 0.4) is 0 Å². The van der Waals surface area contributed by atoms with Crippen LogP contribution in [0.1, 0.15) is 5.56 Å². The molecule has 0 saturated carbocycles. The van der Waals surface area contributed by atoms with Gasteiger partial charge in [0.1, 0.15) is 5.70 Å². The van der Waals surface area contributed by atoms with Crippen molar-refractivity contribution in [2.45, 2.75) is 0 Å². The van der Waals surface area contributed by atoms with Gasteiger partial charge in [0.2, 0.25) is 0 Å². The lowest BCUT2D eigenvalue weighted by Gasteiger charge is -2.11. The molecular weight excluding hydrogens is 334 g/mol. The van der Waals surface area contributed by atoms with Crippen LogP contribution < -0.4 is 10.2 Å². The number of hydrogen-bond donors (Lipinski definition) is 1. The van der Waals surface area contributed by atoms with E-state index in [4.69, 9.17) is 11.6 Å². The second-order valence-electron chi connectivity index (χ2n) is 4.96. The molecule has 24 heavy (non-hydrogen) atoms. The Kier molecular flexibility index (Phi) is 4.01. The lowest BCUT2D eigenvalue weighted by Crippen LogP contribution is -2.30. The van der Waals surface area contributed by atoms with Crippen LogP contribution in [0.2, 0.25) is 5.02 Å². The molecule has 1 aliphatic heterocycles. The van der Waals surface area contributed by atoms with Gasteiger partial charge < -0.3 is 5.32 Å². The maximum atomic E-state index is 12.4. The third-order valence-electron chi connectivity index (χ3n) is 3.36. The van der Waals surface area contributed by atoms with E-state index >= 15 is 0 Å². The van der Waals surface area contributed by atoms with Gasteiger partial charge in [0.25, 0.3) is 11.6 Å². The molecule has 3 rings (SSSR count). The van der Waals surface area contributed by atoms with E-state index in [1.54, 1.807) is 18.2 Å². The van der Waals surface area contributed by atoms with Crippen molar-refractivity contribution in [3.63, 3.8) is 0 Å². The second-order valence-corrected chi connectivity index (χ2v) is 5.39. The fourth-order valence-electron chi connectivity index (χ4n) is 2.24. The SMILES string of the molecule is O=C1NC(=Cc2ccc([N+](=O)[O-])cc2)C(=O)N1c1cccc(Cl)c1. The second kappa shape index (κ2) is 6.13. The van der Waals surface area contributed by atoms with Crippen molar-refractivity contribution in [2.24, 2.45) is 0 Å². The van der Waals surface area contributed by atoms with E-state index in [2.05, 4.69) is 5.32 Å². The lowest BCUT2D eigenvalue weighted by atomic mass is 10.1. The Morgan fingerprint density at radius 2 is 1.83 bits per heavy atom. The quantitative estimate of drug-likeness (QED) is 0.400. The average Bonchev–Trinajstić information content (AvgIpc) is 2.82. The number of urea groups is 1. The van der Waals surface area contributed by atoms with E-state index in [1.807, 2.05) is 0 Å². The van der Waals surface area contributed by atoms with Crippen molar-refractivity contribution < 1.29 is 14.5 Å². The van der Waals surface area contributed by atoms with Crippen LogP contribution in [0.15, 0.2) is 54.2 Å². The first kappa shape index (κ1) is 15.7. The number of nitro groups is 1. The van der Waals surface area contributed by atoms with Gasteiger partial charge in [0.05, 0.1) is 10.6 Å². The number of hydrogen-bond acceptors (Lipinski definition) is 4. The molecule has 120 valence electrons. The number of carbonyl (C=O) groups is 2. The summed E-state index contributed by atoms with van der Waals surface area (Å²) < 4.78 is 0. The largest absolute Gasteiger partial charge is 0.333 e. The molecule has 0 unspecified atom stereocenters. The summed E-state index contributed by atoms with van der Waals surface area (Å²) in [7, 11) is 0. The van der Waals surface area contributed by atoms with Gasteiger partial charge in [-0.2, -0.15) is 0 Å². The fourth-order valence-corrected chi connectivity index (χ4v) is 2.43. The molecule has 1 heterocycles. The highest BCUT2D eigenvalue weighted by molar-refractivity contribution is 6.32. The minimum Gasteiger partial charge on any atom is -0.302 e. The van der Waals surface area contributed by atoms with E-state index < -0.39 is 16.9 Å². The molecule has 3 amide bonds. The van der Waals surface area contributed by atoms with Gasteiger partial charge in [-0.15, -0.1) is 0 Å². The number of benzene rings is 2. The summed E-state index contributed by atoms with van der Waals surface area (Å²) in [6, 6.07) is 11.4. The van der Waals surface area contributed by atoms with E-state index in [0.717, 1.165) is 4.90 Å². The van der Waals surface area contributed by atoms with Crippen molar-refractivity contribution >= 4 is 41.0 Å². The molecule has 1 N–H and O–H groups in total. The minimum atomic E-state index is -0.588. The van der Waals surface area contributed by atoms with Crippen LogP contribution in [-0.2, 0) is 4.79 Å². The van der Waals surface area contributed by atoms with Crippen LogP contribution in [0, 0.1) is 10.1 Å². The van der Waals surface area contributed by atoms with E-state index in [0.29, 0.717) is 16.3 Å². The molecule has 2 aromatic carbocycles. The van der Waals surface area contributed by atoms with Gasteiger partial charge in [0.15, 0.2) is 0 Å². The predicted octanol–water partition coefficient (Wildman–Crippen LogP) is 3.35. The Morgan fingerprint density at radius 3 is 2.46 bits per heavy atom. The van der Waals surface area contributed by atoms with Gasteiger partial charge >= 0.3 is 6.03 Å². The normalized spacial score (nSPS) is 15.7. The van der Waals surface area contributed by atoms with Gasteiger partial charge in [-0.1, -0.05) is 17.7 Å². The van der Waals surface area contributed by atoms with Crippen LogP contribution in [0.25, 0.3) is 6.08 Å². The molecule has 0 atom stereocenters. The van der Waals surface area contributed by atoms with E-state index in [9.17, 15) is 19.7 Å². The summed E-state index contributed by atoms with van der Waals surface area (Å²) in [5, 5.41) is 13.5. The Bertz CT molecular complexity index is 877. The summed E-state index contributed by atoms with van der Waals surface area (Å²) in [5.41, 5.74) is 0.933. The molecule has 2 aromatic rings. The molecule has 1 fully saturated rings. The maximum absolute atomic E-state index is 12.4. The Hall–Kier alpha value is -3.19. The van der Waals surface area contributed by atoms with Crippen molar-refractivity contribution in [3.05, 3.63) is 74.9 Å². The molecule has 1 aliphatic rings. The molecular formula is C16H10ClN3O4. The molecule has 1 saturated heterocycles. The number of halogens is 1. The zero-order valence-corrected chi connectivity index (χ0v) is 12.9. The smallest absolute Gasteiger partial charge is 0.302 e. The molecule has 0 bridgehead atoms. The van der Waals surface area contributed by atoms with Crippen LogP contribution in [0.5, 0.6) is 0 Å². The number of rotatable bonds is 3. The monoisotopic (exact) mass is 343 g/mol. The first-order valence-electron chi connectivity index (χ1n) is 6.83. The Labute approximate surface area is 141 Å². The first-order chi connectivity index (χ1) is 11.5. The fraction of sp³-hybridized carbons (Fsp3) is 0. The van der Waals surface area contributed by atoms with Gasteiger partial charge in [-0.3, -0.25) is 14.9 Å². The summed E-state index contributed by atoms with van der Waals surface area (Å²) in [5.74, 6) is -0.527. The molecule has 0 aliphatic carbocycles. The van der Waals surface area contributed by atoms with Gasteiger partial charge in [-0.05, 0) is 42.0 Å². The predicted molar refractivity (Wildman–Crippen MR) is 88.5 cm³/mol. The van der Waals surface area contributed by atoms with Crippen LogP contribution in [0.4, 0.5) is 16.2 Å². The number of amides is 3. The van der Waals surface area contributed by atoms with Gasteiger partial charge in [-0.25, -0.2) is 9.69 Å². The summed E-state index contributed by atoms with van der Waals surface area (Å²) >= 11 is 5.89. The summed E-state index contributed by atoms with van der Waals surface area (Å²) in [6.45, 7) is 0. The average molecular weight is 344 g/mol. The molecule has 0 spiro atoms. The van der Waals surface area contributed by atoms with E-state index in [-0.39, 0.29) is 11.4 Å². The highest BCUT2D eigenvalue weighted by Gasteiger charge is 2.34. The topological polar surface area (TPSA) is 92.5 Å². The van der Waals surface area contributed by atoms with Crippen LogP contribution in [-0.4, -0.2) is 16.9 Å². The minimum absolute atomic E-state index is 0.0560. The zero-order valence-electron chi connectivity index (χ0n) is 12.1. The highest BCUT2D eigenvalue weighted by Crippen LogP contribution is 2.25. The third-order valence-corrected chi connectivity index (χ3v) is 3.59. The summed E-state index contributed by atoms with van der Waals surface area (Å²) in [4.78, 5) is 35.6. The van der Waals surface area contributed by atoms with Crippen molar-refractivity contribution in [1.82, 2.24) is 5.32 Å². The number of nitrogens with zero attached hydrogens (tertiary/aromatic N) is 2. The molecule has 7 nitrogen and oxygen atoms in total. The third kappa shape index (κ3) is 2.97. The molecule has 0 radical (unpaired) electrons. The number of nitro benzene ring substituents is 1. The zero-order chi connectivity index (χ0) is 17.3. The Morgan fingerprint density at radius 1 is 1.12 bits per heavy atom.